The second-order valence-corrected chi connectivity index (χ2v) is 8.34. The van der Waals surface area contributed by atoms with Crippen LogP contribution in [0.3, 0.4) is 0 Å². The summed E-state index contributed by atoms with van der Waals surface area (Å²) in [6, 6.07) is 2.37. The number of nitrogens with zero attached hydrogens (tertiary/aromatic N) is 1. The van der Waals surface area contributed by atoms with Gasteiger partial charge in [0, 0.05) is 13.1 Å². The van der Waals surface area contributed by atoms with Crippen molar-refractivity contribution in [1.82, 2.24) is 4.31 Å². The largest absolute Gasteiger partial charge is 0.475 e. The van der Waals surface area contributed by atoms with Crippen LogP contribution in [0.2, 0.25) is 0 Å². The van der Waals surface area contributed by atoms with Gasteiger partial charge in [-0.3, -0.25) is 0 Å². The highest BCUT2D eigenvalue weighted by Gasteiger charge is 2.35. The van der Waals surface area contributed by atoms with Crippen LogP contribution in [0, 0.1) is 11.3 Å². The molecular weight excluding hydrogens is 294 g/mol. The van der Waals surface area contributed by atoms with Crippen LogP contribution in [0.5, 0.6) is 0 Å². The molecule has 2 rings (SSSR count). The molecule has 0 aromatic carbocycles. The molecule has 0 spiro atoms. The Morgan fingerprint density at radius 1 is 1.29 bits per heavy atom. The Kier molecular flexibility index (Phi) is 4.17. The first-order valence-electron chi connectivity index (χ1n) is 6.95. The molecule has 7 heteroatoms. The highest BCUT2D eigenvalue weighted by molar-refractivity contribution is 7.89. The zero-order valence-corrected chi connectivity index (χ0v) is 13.3. The molecule has 0 atom stereocenters. The van der Waals surface area contributed by atoms with E-state index >= 15 is 0 Å². The van der Waals surface area contributed by atoms with Crippen molar-refractivity contribution >= 4 is 16.0 Å². The predicted molar refractivity (Wildman–Crippen MR) is 76.6 cm³/mol. The Balaban J connectivity index is 2.13. The number of carboxylic acids is 1. The van der Waals surface area contributed by atoms with Gasteiger partial charge >= 0.3 is 5.97 Å². The van der Waals surface area contributed by atoms with Crippen LogP contribution in [-0.2, 0) is 10.0 Å². The van der Waals surface area contributed by atoms with Gasteiger partial charge in [-0.25, -0.2) is 13.2 Å². The molecule has 6 nitrogen and oxygen atoms in total. The first-order chi connectivity index (χ1) is 9.62. The van der Waals surface area contributed by atoms with Crippen molar-refractivity contribution in [3.05, 3.63) is 17.9 Å². The number of carboxylic acid groups (broad SMARTS) is 1. The highest BCUT2D eigenvalue weighted by Crippen LogP contribution is 2.35. The Hall–Kier alpha value is -1.34. The van der Waals surface area contributed by atoms with Gasteiger partial charge in [0.1, 0.15) is 0 Å². The summed E-state index contributed by atoms with van der Waals surface area (Å²) in [5.74, 6) is -1.16. The second-order valence-electron chi connectivity index (χ2n) is 6.47. The molecule has 1 fully saturated rings. The molecule has 0 amide bonds. The van der Waals surface area contributed by atoms with Crippen LogP contribution in [0.4, 0.5) is 0 Å². The Morgan fingerprint density at radius 3 is 2.29 bits per heavy atom. The third-order valence-electron chi connectivity index (χ3n) is 4.06. The fourth-order valence-electron chi connectivity index (χ4n) is 2.66. The van der Waals surface area contributed by atoms with E-state index in [9.17, 15) is 13.2 Å². The van der Waals surface area contributed by atoms with E-state index in [4.69, 9.17) is 9.52 Å². The van der Waals surface area contributed by atoms with Crippen LogP contribution >= 0.6 is 0 Å². The van der Waals surface area contributed by atoms with Crippen LogP contribution < -0.4 is 0 Å². The summed E-state index contributed by atoms with van der Waals surface area (Å²) in [7, 11) is -3.74. The lowest BCUT2D eigenvalue weighted by Gasteiger charge is -2.37. The topological polar surface area (TPSA) is 87.8 Å². The monoisotopic (exact) mass is 315 g/mol. The molecule has 1 aliphatic rings. The summed E-state index contributed by atoms with van der Waals surface area (Å²) in [6.07, 6.45) is 1.60. The number of aromatic carboxylic acids is 1. The summed E-state index contributed by atoms with van der Waals surface area (Å²) in [6.45, 7) is 7.36. The number of sulfonamides is 1. The average Bonchev–Trinajstić information content (AvgIpc) is 2.88. The van der Waals surface area contributed by atoms with Gasteiger partial charge in [-0.2, -0.15) is 4.31 Å². The lowest BCUT2D eigenvalue weighted by molar-refractivity contribution is 0.0656. The molecule has 1 saturated heterocycles. The fraction of sp³-hybridized carbons (Fsp3) is 0.643. The molecule has 0 bridgehead atoms. The van der Waals surface area contributed by atoms with E-state index in [-0.39, 0.29) is 16.3 Å². The average molecular weight is 315 g/mol. The zero-order chi connectivity index (χ0) is 15.8. The van der Waals surface area contributed by atoms with Crippen molar-refractivity contribution in [2.45, 2.75) is 38.7 Å². The third kappa shape index (κ3) is 3.29. The van der Waals surface area contributed by atoms with Crippen molar-refractivity contribution in [2.75, 3.05) is 13.1 Å². The summed E-state index contributed by atoms with van der Waals surface area (Å²) < 4.78 is 31.1. The smallest absolute Gasteiger partial charge is 0.371 e. The van der Waals surface area contributed by atoms with Crippen molar-refractivity contribution in [1.29, 1.82) is 0 Å². The minimum Gasteiger partial charge on any atom is -0.475 e. The maximum Gasteiger partial charge on any atom is 0.371 e. The van der Waals surface area contributed by atoms with E-state index in [0.29, 0.717) is 19.0 Å². The molecule has 1 N–H and O–H groups in total. The Morgan fingerprint density at radius 2 is 1.86 bits per heavy atom. The molecule has 0 radical (unpaired) electrons. The fourth-order valence-corrected chi connectivity index (χ4v) is 4.04. The van der Waals surface area contributed by atoms with Crippen LogP contribution in [0.1, 0.15) is 44.2 Å². The molecule has 0 saturated carbocycles. The molecule has 1 aromatic rings. The first-order valence-corrected chi connectivity index (χ1v) is 8.39. The molecule has 118 valence electrons. The van der Waals surface area contributed by atoms with Gasteiger partial charge in [-0.1, -0.05) is 20.8 Å². The van der Waals surface area contributed by atoms with E-state index in [1.807, 2.05) is 0 Å². The van der Waals surface area contributed by atoms with Gasteiger partial charge < -0.3 is 9.52 Å². The van der Waals surface area contributed by atoms with Gasteiger partial charge in [-0.15, -0.1) is 0 Å². The number of furan rings is 1. The standard InChI is InChI=1S/C14H21NO5S/c1-14(2,3)10-6-8-15(9-7-10)21(18,19)12-5-4-11(20-12)13(16)17/h4-5,10H,6-9H2,1-3H3,(H,16,17). The van der Waals surface area contributed by atoms with Gasteiger partial charge in [0.2, 0.25) is 10.9 Å². The molecule has 1 aromatic heterocycles. The summed E-state index contributed by atoms with van der Waals surface area (Å²) in [5, 5.41) is 8.50. The first kappa shape index (κ1) is 16.0. The minimum absolute atomic E-state index is 0.164. The normalized spacial score (nSPS) is 18.8. The number of carbonyl (C=O) groups is 1. The van der Waals surface area contributed by atoms with Gasteiger partial charge in [0.05, 0.1) is 0 Å². The van der Waals surface area contributed by atoms with Crippen molar-refractivity contribution in [3.63, 3.8) is 0 Å². The lowest BCUT2D eigenvalue weighted by atomic mass is 9.76. The number of rotatable bonds is 3. The van der Waals surface area contributed by atoms with E-state index < -0.39 is 16.0 Å². The summed E-state index contributed by atoms with van der Waals surface area (Å²) in [4.78, 5) is 10.8. The highest BCUT2D eigenvalue weighted by atomic mass is 32.2. The number of hydrogen-bond acceptors (Lipinski definition) is 4. The number of hydrogen-bond donors (Lipinski definition) is 1. The van der Waals surface area contributed by atoms with E-state index in [1.165, 1.54) is 10.4 Å². The van der Waals surface area contributed by atoms with Crippen molar-refractivity contribution in [2.24, 2.45) is 11.3 Å². The summed E-state index contributed by atoms with van der Waals surface area (Å²) in [5.41, 5.74) is 0.164. The van der Waals surface area contributed by atoms with Crippen LogP contribution in [0.15, 0.2) is 21.6 Å². The van der Waals surface area contributed by atoms with E-state index in [0.717, 1.165) is 18.9 Å². The van der Waals surface area contributed by atoms with Crippen LogP contribution in [0.25, 0.3) is 0 Å². The molecule has 21 heavy (non-hydrogen) atoms. The third-order valence-corrected chi connectivity index (χ3v) is 5.84. The van der Waals surface area contributed by atoms with Gasteiger partial charge in [0.15, 0.2) is 0 Å². The van der Waals surface area contributed by atoms with E-state index in [2.05, 4.69) is 20.8 Å². The Bertz CT molecular complexity index is 618. The predicted octanol–water partition coefficient (Wildman–Crippen LogP) is 2.42. The molecule has 0 unspecified atom stereocenters. The minimum atomic E-state index is -3.74. The second kappa shape index (κ2) is 5.46. The van der Waals surface area contributed by atoms with Crippen LogP contribution in [-0.4, -0.2) is 36.9 Å². The molecular formula is C14H21NO5S. The van der Waals surface area contributed by atoms with E-state index in [1.54, 1.807) is 0 Å². The molecule has 2 heterocycles. The Labute approximate surface area is 124 Å². The summed E-state index contributed by atoms with van der Waals surface area (Å²) >= 11 is 0. The van der Waals surface area contributed by atoms with Crippen molar-refractivity contribution < 1.29 is 22.7 Å². The lowest BCUT2D eigenvalue weighted by Crippen LogP contribution is -2.41. The maximum absolute atomic E-state index is 12.4. The quantitative estimate of drug-likeness (QED) is 0.925. The maximum atomic E-state index is 12.4. The molecule has 0 aliphatic carbocycles. The SMILES string of the molecule is CC(C)(C)C1CCN(S(=O)(=O)c2ccc(C(=O)O)o2)CC1. The number of piperidine rings is 1. The van der Waals surface area contributed by atoms with Gasteiger partial charge in [0.25, 0.3) is 10.0 Å². The van der Waals surface area contributed by atoms with Crippen molar-refractivity contribution in [3.8, 4) is 0 Å². The molecule has 1 aliphatic heterocycles. The zero-order valence-electron chi connectivity index (χ0n) is 12.5. The van der Waals surface area contributed by atoms with Gasteiger partial charge in [-0.05, 0) is 36.3 Å².